The van der Waals surface area contributed by atoms with Crippen molar-refractivity contribution in [3.05, 3.63) is 41.2 Å². The van der Waals surface area contributed by atoms with Crippen molar-refractivity contribution in [1.82, 2.24) is 9.78 Å². The van der Waals surface area contributed by atoms with Crippen LogP contribution in [-0.4, -0.2) is 47.1 Å². The SMILES string of the molecule is Cc1nn(C)c(C)c1NC(=O)[C@H](C)OC(=O)c1ccc(OC[C@H]2CCCO2)cc1. The van der Waals surface area contributed by atoms with Gasteiger partial charge < -0.3 is 19.5 Å². The van der Waals surface area contributed by atoms with Crippen molar-refractivity contribution >= 4 is 17.6 Å². The molecule has 0 saturated carbocycles. The first-order valence-electron chi connectivity index (χ1n) is 9.71. The van der Waals surface area contributed by atoms with Gasteiger partial charge in [0.1, 0.15) is 12.4 Å². The summed E-state index contributed by atoms with van der Waals surface area (Å²) < 4.78 is 18.2. The number of aryl methyl sites for hydroxylation is 2. The molecule has 1 N–H and O–H groups in total. The van der Waals surface area contributed by atoms with Gasteiger partial charge in [-0.25, -0.2) is 4.79 Å². The standard InChI is InChI=1S/C21H27N3O5/c1-13-19(14(2)24(4)23-13)22-20(25)15(3)29-21(26)16-7-9-17(10-8-16)28-12-18-6-5-11-27-18/h7-10,15,18H,5-6,11-12H2,1-4H3,(H,22,25)/t15-,18+/m0/s1. The maximum Gasteiger partial charge on any atom is 0.338 e. The summed E-state index contributed by atoms with van der Waals surface area (Å²) in [5.41, 5.74) is 2.51. The molecule has 2 heterocycles. The highest BCUT2D eigenvalue weighted by Gasteiger charge is 2.22. The van der Waals surface area contributed by atoms with Crippen LogP contribution in [0.3, 0.4) is 0 Å². The van der Waals surface area contributed by atoms with Crippen LogP contribution in [0.5, 0.6) is 5.75 Å². The lowest BCUT2D eigenvalue weighted by Gasteiger charge is -2.14. The lowest BCUT2D eigenvalue weighted by molar-refractivity contribution is -0.123. The highest BCUT2D eigenvalue weighted by molar-refractivity contribution is 5.98. The third-order valence-electron chi connectivity index (χ3n) is 4.96. The van der Waals surface area contributed by atoms with Crippen LogP contribution in [0, 0.1) is 13.8 Å². The number of rotatable bonds is 7. The first-order chi connectivity index (χ1) is 13.8. The van der Waals surface area contributed by atoms with Crippen LogP contribution in [0.25, 0.3) is 0 Å². The van der Waals surface area contributed by atoms with Crippen LogP contribution in [0.15, 0.2) is 24.3 Å². The molecule has 0 unspecified atom stereocenters. The zero-order valence-electron chi connectivity index (χ0n) is 17.2. The molecule has 0 spiro atoms. The highest BCUT2D eigenvalue weighted by atomic mass is 16.5. The van der Waals surface area contributed by atoms with Crippen LogP contribution in [0.2, 0.25) is 0 Å². The molecule has 1 aliphatic heterocycles. The van der Waals surface area contributed by atoms with Crippen molar-refractivity contribution in [2.75, 3.05) is 18.5 Å². The van der Waals surface area contributed by atoms with Crippen molar-refractivity contribution in [1.29, 1.82) is 0 Å². The van der Waals surface area contributed by atoms with E-state index in [4.69, 9.17) is 14.2 Å². The Morgan fingerprint density at radius 1 is 1.31 bits per heavy atom. The number of esters is 1. The van der Waals surface area contributed by atoms with Gasteiger partial charge in [-0.15, -0.1) is 0 Å². The van der Waals surface area contributed by atoms with Crippen LogP contribution in [0.4, 0.5) is 5.69 Å². The molecule has 29 heavy (non-hydrogen) atoms. The van der Waals surface area contributed by atoms with Gasteiger partial charge in [-0.1, -0.05) is 0 Å². The fraction of sp³-hybridized carbons (Fsp3) is 0.476. The molecule has 156 valence electrons. The molecule has 2 aromatic rings. The zero-order valence-corrected chi connectivity index (χ0v) is 17.2. The van der Waals surface area contributed by atoms with E-state index in [9.17, 15) is 9.59 Å². The summed E-state index contributed by atoms with van der Waals surface area (Å²) in [5, 5.41) is 7.03. The quantitative estimate of drug-likeness (QED) is 0.718. The first kappa shape index (κ1) is 20.9. The van der Waals surface area contributed by atoms with Gasteiger partial charge in [0, 0.05) is 13.7 Å². The van der Waals surface area contributed by atoms with Gasteiger partial charge in [-0.2, -0.15) is 5.10 Å². The van der Waals surface area contributed by atoms with Gasteiger partial charge in [0.2, 0.25) is 0 Å². The summed E-state index contributed by atoms with van der Waals surface area (Å²) in [7, 11) is 1.80. The second kappa shape index (κ2) is 9.09. The number of carbonyl (C=O) groups excluding carboxylic acids is 2. The summed E-state index contributed by atoms with van der Waals surface area (Å²) in [4.78, 5) is 24.7. The van der Waals surface area contributed by atoms with E-state index < -0.39 is 18.0 Å². The molecule has 1 fully saturated rings. The Labute approximate surface area is 170 Å². The second-order valence-electron chi connectivity index (χ2n) is 7.18. The van der Waals surface area contributed by atoms with Crippen molar-refractivity contribution in [3.63, 3.8) is 0 Å². The fourth-order valence-corrected chi connectivity index (χ4v) is 3.11. The first-order valence-corrected chi connectivity index (χ1v) is 9.71. The van der Waals surface area contributed by atoms with E-state index in [-0.39, 0.29) is 6.10 Å². The predicted octanol–water partition coefficient (Wildman–Crippen LogP) is 2.78. The second-order valence-corrected chi connectivity index (χ2v) is 7.18. The molecule has 1 saturated heterocycles. The van der Waals surface area contributed by atoms with Gasteiger partial charge >= 0.3 is 5.97 Å². The Morgan fingerprint density at radius 2 is 2.03 bits per heavy atom. The number of carbonyl (C=O) groups is 2. The summed E-state index contributed by atoms with van der Waals surface area (Å²) >= 11 is 0. The third kappa shape index (κ3) is 5.14. The minimum atomic E-state index is -0.947. The van der Waals surface area contributed by atoms with Crippen LogP contribution < -0.4 is 10.1 Å². The molecule has 0 aliphatic carbocycles. The Kier molecular flexibility index (Phi) is 6.53. The van der Waals surface area contributed by atoms with Crippen molar-refractivity contribution in [2.24, 2.45) is 7.05 Å². The predicted molar refractivity (Wildman–Crippen MR) is 107 cm³/mol. The molecule has 0 bridgehead atoms. The third-order valence-corrected chi connectivity index (χ3v) is 4.96. The zero-order chi connectivity index (χ0) is 21.0. The van der Waals surface area contributed by atoms with Gasteiger partial charge in [0.25, 0.3) is 5.91 Å². The largest absolute Gasteiger partial charge is 0.491 e. The number of hydrogen-bond donors (Lipinski definition) is 1. The Balaban J connectivity index is 1.52. The highest BCUT2D eigenvalue weighted by Crippen LogP contribution is 2.20. The van der Waals surface area contributed by atoms with Crippen molar-refractivity contribution in [3.8, 4) is 5.75 Å². The number of nitrogens with one attached hydrogen (secondary N) is 1. The summed E-state index contributed by atoms with van der Waals surface area (Å²) in [5.74, 6) is -0.322. The van der Waals surface area contributed by atoms with Gasteiger partial charge in [-0.05, 0) is 57.9 Å². The maximum atomic E-state index is 12.4. The molecule has 8 heteroatoms. The van der Waals surface area contributed by atoms with E-state index in [0.29, 0.717) is 29.3 Å². The van der Waals surface area contributed by atoms with E-state index in [1.165, 1.54) is 6.92 Å². The summed E-state index contributed by atoms with van der Waals surface area (Å²) in [6, 6.07) is 6.65. The lowest BCUT2D eigenvalue weighted by Crippen LogP contribution is -2.30. The smallest absolute Gasteiger partial charge is 0.338 e. The number of amides is 1. The summed E-state index contributed by atoms with van der Waals surface area (Å²) in [6.45, 7) is 6.47. The van der Waals surface area contributed by atoms with Crippen molar-refractivity contribution < 1.29 is 23.8 Å². The topological polar surface area (TPSA) is 91.7 Å². The number of nitrogens with zero attached hydrogens (tertiary/aromatic N) is 2. The normalized spacial score (nSPS) is 17.0. The van der Waals surface area contributed by atoms with Crippen LogP contribution >= 0.6 is 0 Å². The van der Waals surface area contributed by atoms with E-state index >= 15 is 0 Å². The molecule has 8 nitrogen and oxygen atoms in total. The van der Waals surface area contributed by atoms with Crippen LogP contribution in [-0.2, 0) is 21.3 Å². The monoisotopic (exact) mass is 401 g/mol. The maximum absolute atomic E-state index is 12.4. The minimum Gasteiger partial charge on any atom is -0.491 e. The molecule has 1 amide bonds. The van der Waals surface area contributed by atoms with Gasteiger partial charge in [0.05, 0.1) is 28.7 Å². The number of benzene rings is 1. The molecular weight excluding hydrogens is 374 g/mol. The van der Waals surface area contributed by atoms with E-state index in [1.807, 2.05) is 13.8 Å². The number of ether oxygens (including phenoxy) is 3. The lowest BCUT2D eigenvalue weighted by atomic mass is 10.2. The fourth-order valence-electron chi connectivity index (χ4n) is 3.11. The Morgan fingerprint density at radius 3 is 2.62 bits per heavy atom. The number of anilines is 1. The number of aromatic nitrogens is 2. The van der Waals surface area contributed by atoms with E-state index in [0.717, 1.165) is 25.1 Å². The molecule has 0 radical (unpaired) electrons. The molecule has 3 rings (SSSR count). The Bertz CT molecular complexity index is 869. The molecule has 1 aliphatic rings. The van der Waals surface area contributed by atoms with Crippen molar-refractivity contribution in [2.45, 2.75) is 45.8 Å². The summed E-state index contributed by atoms with van der Waals surface area (Å²) in [6.07, 6.45) is 1.25. The van der Waals surface area contributed by atoms with Gasteiger partial charge in [-0.3, -0.25) is 9.48 Å². The molecule has 1 aromatic heterocycles. The van der Waals surface area contributed by atoms with E-state index in [2.05, 4.69) is 10.4 Å². The Hall–Kier alpha value is -2.87. The van der Waals surface area contributed by atoms with Gasteiger partial charge in [0.15, 0.2) is 6.10 Å². The number of hydrogen-bond acceptors (Lipinski definition) is 6. The molecular formula is C21H27N3O5. The average molecular weight is 401 g/mol. The van der Waals surface area contributed by atoms with Crippen LogP contribution in [0.1, 0.15) is 41.5 Å². The van der Waals surface area contributed by atoms with E-state index in [1.54, 1.807) is 36.0 Å². The minimum absolute atomic E-state index is 0.131. The average Bonchev–Trinajstić information content (AvgIpc) is 3.30. The molecule has 2 atom stereocenters. The molecule has 1 aromatic carbocycles.